The van der Waals surface area contributed by atoms with E-state index in [1.54, 1.807) is 30.3 Å². The van der Waals surface area contributed by atoms with E-state index in [1.165, 1.54) is 20.2 Å². The molecule has 8 nitrogen and oxygen atoms in total. The van der Waals surface area contributed by atoms with Gasteiger partial charge >= 0.3 is 12.0 Å². The number of hydrogen-bond acceptors (Lipinski definition) is 6. The Bertz CT molecular complexity index is 659. The summed E-state index contributed by atoms with van der Waals surface area (Å²) in [6.07, 6.45) is 1.32. The second kappa shape index (κ2) is 8.84. The van der Waals surface area contributed by atoms with E-state index in [4.69, 9.17) is 10.00 Å². The first-order valence-corrected chi connectivity index (χ1v) is 6.44. The Morgan fingerprint density at radius 2 is 1.91 bits per heavy atom. The van der Waals surface area contributed by atoms with Gasteiger partial charge in [-0.3, -0.25) is 10.1 Å². The van der Waals surface area contributed by atoms with Gasteiger partial charge in [0.1, 0.15) is 17.4 Å². The van der Waals surface area contributed by atoms with Crippen LogP contribution in [-0.4, -0.2) is 38.7 Å². The summed E-state index contributed by atoms with van der Waals surface area (Å²) in [6.45, 7) is -0.673. The quantitative estimate of drug-likeness (QED) is 0.466. The lowest BCUT2D eigenvalue weighted by atomic mass is 10.1. The monoisotopic (exact) mass is 317 g/mol. The first-order chi connectivity index (χ1) is 11.0. The maximum Gasteiger partial charge on any atom is 0.349 e. The first kappa shape index (κ1) is 17.7. The standard InChI is InChI=1S/C15H15N3O5/c1-17-15(21)18-13(19)9-23-14(20)11(8-16)7-10-3-5-12(22-2)6-4-10/h3-7H,9H2,1-2H3,(H2,17,18,19,21)/b11-7+. The molecule has 0 fully saturated rings. The van der Waals surface area contributed by atoms with Crippen LogP contribution in [0.2, 0.25) is 0 Å². The summed E-state index contributed by atoms with van der Waals surface area (Å²) < 4.78 is 9.67. The minimum atomic E-state index is -0.963. The lowest BCUT2D eigenvalue weighted by Crippen LogP contribution is -2.39. The summed E-state index contributed by atoms with van der Waals surface area (Å²) in [6, 6.07) is 7.63. The lowest BCUT2D eigenvalue weighted by molar-refractivity contribution is -0.144. The molecule has 0 aromatic heterocycles. The number of nitriles is 1. The highest BCUT2D eigenvalue weighted by atomic mass is 16.5. The first-order valence-electron chi connectivity index (χ1n) is 6.44. The van der Waals surface area contributed by atoms with Gasteiger partial charge in [0.2, 0.25) is 0 Å². The fraction of sp³-hybridized carbons (Fsp3) is 0.200. The number of ether oxygens (including phenoxy) is 2. The number of esters is 1. The molecule has 23 heavy (non-hydrogen) atoms. The molecule has 0 atom stereocenters. The molecule has 3 amide bonds. The Labute approximate surface area is 132 Å². The molecule has 1 aromatic carbocycles. The summed E-state index contributed by atoms with van der Waals surface area (Å²) >= 11 is 0. The second-order valence-corrected chi connectivity index (χ2v) is 4.15. The molecule has 0 saturated heterocycles. The van der Waals surface area contributed by atoms with Crippen LogP contribution in [0.5, 0.6) is 5.75 Å². The van der Waals surface area contributed by atoms with Crippen LogP contribution >= 0.6 is 0 Å². The van der Waals surface area contributed by atoms with Gasteiger partial charge in [0.05, 0.1) is 7.11 Å². The highest BCUT2D eigenvalue weighted by molar-refractivity contribution is 6.00. The van der Waals surface area contributed by atoms with Crippen LogP contribution in [0.4, 0.5) is 4.79 Å². The number of carbonyl (C=O) groups excluding carboxylic acids is 3. The third-order valence-corrected chi connectivity index (χ3v) is 2.58. The fourth-order valence-corrected chi connectivity index (χ4v) is 1.44. The largest absolute Gasteiger partial charge is 0.497 e. The number of urea groups is 1. The summed E-state index contributed by atoms with van der Waals surface area (Å²) in [5.41, 5.74) is 0.317. The van der Waals surface area contributed by atoms with Crippen molar-refractivity contribution in [3.05, 3.63) is 35.4 Å². The van der Waals surface area contributed by atoms with Gasteiger partial charge < -0.3 is 14.8 Å². The molecule has 0 saturated carbocycles. The van der Waals surface area contributed by atoms with Crippen LogP contribution in [0.3, 0.4) is 0 Å². The Hall–Kier alpha value is -3.34. The van der Waals surface area contributed by atoms with E-state index >= 15 is 0 Å². The van der Waals surface area contributed by atoms with E-state index in [0.717, 1.165) is 0 Å². The number of nitrogens with zero attached hydrogens (tertiary/aromatic N) is 1. The molecular weight excluding hydrogens is 302 g/mol. The number of carbonyl (C=O) groups is 3. The number of rotatable bonds is 5. The van der Waals surface area contributed by atoms with Gasteiger partial charge in [-0.05, 0) is 23.8 Å². The van der Waals surface area contributed by atoms with Crippen molar-refractivity contribution in [3.8, 4) is 11.8 Å². The van der Waals surface area contributed by atoms with Crippen LogP contribution in [0.15, 0.2) is 29.8 Å². The molecule has 2 N–H and O–H groups in total. The second-order valence-electron chi connectivity index (χ2n) is 4.15. The van der Waals surface area contributed by atoms with Gasteiger partial charge in [0.15, 0.2) is 6.61 Å². The van der Waals surface area contributed by atoms with Gasteiger partial charge in [-0.2, -0.15) is 5.26 Å². The normalized spacial score (nSPS) is 10.2. The van der Waals surface area contributed by atoms with Crippen LogP contribution in [0, 0.1) is 11.3 Å². The van der Waals surface area contributed by atoms with Gasteiger partial charge in [0.25, 0.3) is 5.91 Å². The molecule has 120 valence electrons. The summed E-state index contributed by atoms with van der Waals surface area (Å²) in [7, 11) is 2.85. The maximum absolute atomic E-state index is 11.7. The molecule has 0 bridgehead atoms. The predicted octanol–water partition coefficient (Wildman–Crippen LogP) is 0.601. The van der Waals surface area contributed by atoms with Crippen molar-refractivity contribution in [2.75, 3.05) is 20.8 Å². The molecule has 0 heterocycles. The maximum atomic E-state index is 11.7. The minimum Gasteiger partial charge on any atom is -0.497 e. The number of amides is 3. The van der Waals surface area contributed by atoms with Crippen molar-refractivity contribution in [3.63, 3.8) is 0 Å². The average molecular weight is 317 g/mol. The van der Waals surface area contributed by atoms with E-state index < -0.39 is 24.5 Å². The Balaban J connectivity index is 2.67. The van der Waals surface area contributed by atoms with Crippen LogP contribution in [-0.2, 0) is 14.3 Å². The van der Waals surface area contributed by atoms with Gasteiger partial charge in [-0.25, -0.2) is 9.59 Å². The molecule has 0 unspecified atom stereocenters. The van der Waals surface area contributed by atoms with E-state index in [9.17, 15) is 14.4 Å². The number of nitrogens with one attached hydrogen (secondary N) is 2. The summed E-state index contributed by atoms with van der Waals surface area (Å²) in [4.78, 5) is 33.9. The number of imide groups is 1. The van der Waals surface area contributed by atoms with Crippen molar-refractivity contribution < 1.29 is 23.9 Å². The van der Waals surface area contributed by atoms with E-state index in [0.29, 0.717) is 11.3 Å². The van der Waals surface area contributed by atoms with Gasteiger partial charge in [0, 0.05) is 7.05 Å². The van der Waals surface area contributed by atoms with Crippen molar-refractivity contribution in [2.45, 2.75) is 0 Å². The number of hydrogen-bond donors (Lipinski definition) is 2. The third kappa shape index (κ3) is 5.89. The Morgan fingerprint density at radius 1 is 1.26 bits per heavy atom. The Kier molecular flexibility index (Phi) is 6.81. The minimum absolute atomic E-state index is 0.275. The zero-order valence-electron chi connectivity index (χ0n) is 12.6. The molecule has 0 aliphatic heterocycles. The van der Waals surface area contributed by atoms with Crippen molar-refractivity contribution in [1.29, 1.82) is 5.26 Å². The molecule has 0 aliphatic carbocycles. The fourth-order valence-electron chi connectivity index (χ4n) is 1.44. The van der Waals surface area contributed by atoms with Crippen LogP contribution < -0.4 is 15.4 Å². The molecule has 0 radical (unpaired) electrons. The van der Waals surface area contributed by atoms with Crippen LogP contribution in [0.25, 0.3) is 6.08 Å². The Morgan fingerprint density at radius 3 is 2.43 bits per heavy atom. The highest BCUT2D eigenvalue weighted by Gasteiger charge is 2.14. The zero-order chi connectivity index (χ0) is 17.2. The summed E-state index contributed by atoms with van der Waals surface area (Å²) in [5.74, 6) is -1.14. The van der Waals surface area contributed by atoms with Crippen molar-refractivity contribution >= 4 is 24.0 Å². The molecule has 1 rings (SSSR count). The predicted molar refractivity (Wildman–Crippen MR) is 80.1 cm³/mol. The SMILES string of the molecule is CNC(=O)NC(=O)COC(=O)/C(C#N)=C/c1ccc(OC)cc1. The van der Waals surface area contributed by atoms with Gasteiger partial charge in [-0.15, -0.1) is 0 Å². The van der Waals surface area contributed by atoms with E-state index in [-0.39, 0.29) is 5.57 Å². The molecule has 8 heteroatoms. The molecule has 0 spiro atoms. The van der Waals surface area contributed by atoms with Crippen LogP contribution in [0.1, 0.15) is 5.56 Å². The summed E-state index contributed by atoms with van der Waals surface area (Å²) in [5, 5.41) is 13.1. The smallest absolute Gasteiger partial charge is 0.349 e. The van der Waals surface area contributed by atoms with E-state index in [2.05, 4.69) is 10.1 Å². The van der Waals surface area contributed by atoms with Gasteiger partial charge in [-0.1, -0.05) is 12.1 Å². The highest BCUT2D eigenvalue weighted by Crippen LogP contribution is 2.14. The topological polar surface area (TPSA) is 118 Å². The zero-order valence-corrected chi connectivity index (χ0v) is 12.6. The molecule has 0 aliphatic rings. The average Bonchev–Trinajstić information content (AvgIpc) is 2.57. The number of benzene rings is 1. The molecular formula is C15H15N3O5. The third-order valence-electron chi connectivity index (χ3n) is 2.58. The van der Waals surface area contributed by atoms with Crippen molar-refractivity contribution in [1.82, 2.24) is 10.6 Å². The number of methoxy groups -OCH3 is 1. The lowest BCUT2D eigenvalue weighted by Gasteiger charge is -2.05. The molecule has 1 aromatic rings. The van der Waals surface area contributed by atoms with E-state index in [1.807, 2.05) is 5.32 Å². The van der Waals surface area contributed by atoms with Crippen molar-refractivity contribution in [2.24, 2.45) is 0 Å².